The lowest BCUT2D eigenvalue weighted by molar-refractivity contribution is 1.05. The predicted molar refractivity (Wildman–Crippen MR) is 52.6 cm³/mol. The van der Waals surface area contributed by atoms with Crippen molar-refractivity contribution in [1.29, 1.82) is 0 Å². The number of thioether (sulfide) groups is 1. The van der Waals surface area contributed by atoms with Crippen LogP contribution in [0.1, 0.15) is 18.3 Å². The number of imidazole rings is 1. The fourth-order valence-corrected chi connectivity index (χ4v) is 1.64. The molecule has 0 spiro atoms. The quantitative estimate of drug-likeness (QED) is 0.696. The van der Waals surface area contributed by atoms with E-state index in [9.17, 15) is 0 Å². The van der Waals surface area contributed by atoms with Gasteiger partial charge in [-0.3, -0.25) is 0 Å². The summed E-state index contributed by atoms with van der Waals surface area (Å²) in [7, 11) is 0. The van der Waals surface area contributed by atoms with E-state index in [1.165, 1.54) is 0 Å². The molecule has 0 aliphatic rings. The molecule has 3 nitrogen and oxygen atoms in total. The maximum atomic E-state index is 5.71. The smallest absolute Gasteiger partial charge is 0.0925 e. The van der Waals surface area contributed by atoms with Crippen LogP contribution in [0.4, 0.5) is 0 Å². The summed E-state index contributed by atoms with van der Waals surface area (Å²) in [5.74, 6) is 0.876. The predicted octanol–water partition coefficient (Wildman–Crippen LogP) is 1.46. The Labute approximate surface area is 77.1 Å². The third kappa shape index (κ3) is 2.53. The molecule has 3 N–H and O–H groups in total. The summed E-state index contributed by atoms with van der Waals surface area (Å²) in [6.07, 6.45) is 3.69. The minimum atomic E-state index is 0.112. The summed E-state index contributed by atoms with van der Waals surface area (Å²) in [5, 5.41) is 0.112. The van der Waals surface area contributed by atoms with Crippen LogP contribution >= 0.6 is 11.8 Å². The molecular weight excluding hydrogens is 170 g/mol. The molecule has 1 aromatic heterocycles. The standard InChI is InChI=1S/C8H14N3S/c1-3-8(9)12-4-7-6(2)10-5-11-7/h3,5,8H,4,9H2,1-2H3,(H,10,11)/t8-/m1/s1. The molecule has 0 saturated carbocycles. The largest absolute Gasteiger partial charge is 0.348 e. The molecule has 0 aliphatic heterocycles. The molecule has 0 aliphatic carbocycles. The van der Waals surface area contributed by atoms with Crippen LogP contribution in [0, 0.1) is 13.3 Å². The highest BCUT2D eigenvalue weighted by Gasteiger charge is 2.04. The first kappa shape index (κ1) is 9.61. The SMILES string of the molecule is C[CH][C@H](N)SCc1nc[nH]c1C. The molecule has 1 heterocycles. The van der Waals surface area contributed by atoms with Gasteiger partial charge in [-0.15, -0.1) is 11.8 Å². The van der Waals surface area contributed by atoms with Gasteiger partial charge in [0.05, 0.1) is 17.4 Å². The number of aryl methyl sites for hydroxylation is 1. The highest BCUT2D eigenvalue weighted by Crippen LogP contribution is 2.16. The molecular formula is C8H14N3S. The number of aromatic nitrogens is 2. The number of aromatic amines is 1. The van der Waals surface area contributed by atoms with Crippen molar-refractivity contribution in [2.24, 2.45) is 5.73 Å². The minimum absolute atomic E-state index is 0.112. The van der Waals surface area contributed by atoms with Crippen molar-refractivity contribution < 1.29 is 0 Å². The fourth-order valence-electron chi connectivity index (χ4n) is 0.804. The maximum absolute atomic E-state index is 5.71. The van der Waals surface area contributed by atoms with Crippen molar-refractivity contribution in [2.45, 2.75) is 25.0 Å². The number of H-pyrrole nitrogens is 1. The highest BCUT2D eigenvalue weighted by atomic mass is 32.2. The van der Waals surface area contributed by atoms with Gasteiger partial charge in [-0.2, -0.15) is 0 Å². The number of hydrogen-bond donors (Lipinski definition) is 2. The van der Waals surface area contributed by atoms with Crippen molar-refractivity contribution in [3.05, 3.63) is 24.1 Å². The Kier molecular flexibility index (Phi) is 3.62. The van der Waals surface area contributed by atoms with E-state index in [2.05, 4.69) is 9.97 Å². The van der Waals surface area contributed by atoms with Crippen molar-refractivity contribution in [3.63, 3.8) is 0 Å². The Bertz CT molecular complexity index is 234. The Morgan fingerprint density at radius 2 is 2.58 bits per heavy atom. The molecule has 4 heteroatoms. The van der Waals surface area contributed by atoms with Crippen LogP contribution in [0.3, 0.4) is 0 Å². The molecule has 1 atom stereocenters. The fraction of sp³-hybridized carbons (Fsp3) is 0.500. The van der Waals surface area contributed by atoms with E-state index >= 15 is 0 Å². The van der Waals surface area contributed by atoms with Gasteiger partial charge < -0.3 is 10.7 Å². The monoisotopic (exact) mass is 184 g/mol. The molecule has 0 fully saturated rings. The minimum Gasteiger partial charge on any atom is -0.348 e. The molecule has 1 aromatic rings. The van der Waals surface area contributed by atoms with Gasteiger partial charge in [-0.1, -0.05) is 6.92 Å². The van der Waals surface area contributed by atoms with Gasteiger partial charge in [0, 0.05) is 11.4 Å². The van der Waals surface area contributed by atoms with Crippen LogP contribution in [-0.4, -0.2) is 15.3 Å². The van der Waals surface area contributed by atoms with Gasteiger partial charge >= 0.3 is 0 Å². The lowest BCUT2D eigenvalue weighted by Crippen LogP contribution is -2.14. The number of nitrogens with one attached hydrogen (secondary N) is 1. The first-order valence-corrected chi connectivity index (χ1v) is 4.94. The van der Waals surface area contributed by atoms with Gasteiger partial charge in [0.25, 0.3) is 0 Å². The molecule has 0 amide bonds. The van der Waals surface area contributed by atoms with E-state index in [1.807, 2.05) is 20.3 Å². The van der Waals surface area contributed by atoms with Crippen LogP contribution in [0.15, 0.2) is 6.33 Å². The Balaban J connectivity index is 2.38. The summed E-state index contributed by atoms with van der Waals surface area (Å²) in [5.41, 5.74) is 7.93. The van der Waals surface area contributed by atoms with Gasteiger partial charge in [0.15, 0.2) is 0 Å². The van der Waals surface area contributed by atoms with Crippen molar-refractivity contribution in [1.82, 2.24) is 9.97 Å². The molecule has 0 aromatic carbocycles. The molecule has 0 unspecified atom stereocenters. The second kappa shape index (κ2) is 4.52. The first-order valence-electron chi connectivity index (χ1n) is 3.89. The van der Waals surface area contributed by atoms with E-state index in [0.29, 0.717) is 0 Å². The summed E-state index contributed by atoms with van der Waals surface area (Å²) >= 11 is 1.69. The lowest BCUT2D eigenvalue weighted by atomic mass is 10.4. The number of nitrogens with zero attached hydrogens (tertiary/aromatic N) is 1. The zero-order valence-electron chi connectivity index (χ0n) is 7.37. The van der Waals surface area contributed by atoms with Crippen LogP contribution < -0.4 is 5.73 Å². The van der Waals surface area contributed by atoms with Gasteiger partial charge in [-0.05, 0) is 13.3 Å². The second-order valence-electron chi connectivity index (χ2n) is 2.58. The summed E-state index contributed by atoms with van der Waals surface area (Å²) in [6.45, 7) is 3.99. The van der Waals surface area contributed by atoms with Crippen LogP contribution in [0.2, 0.25) is 0 Å². The highest BCUT2D eigenvalue weighted by molar-refractivity contribution is 7.99. The molecule has 1 radical (unpaired) electrons. The first-order chi connectivity index (χ1) is 5.74. The lowest BCUT2D eigenvalue weighted by Gasteiger charge is -2.06. The van der Waals surface area contributed by atoms with Crippen LogP contribution in [0.5, 0.6) is 0 Å². The average Bonchev–Trinajstić information content (AvgIpc) is 2.47. The summed E-state index contributed by atoms with van der Waals surface area (Å²) in [6, 6.07) is 0. The maximum Gasteiger partial charge on any atom is 0.0925 e. The normalized spacial score (nSPS) is 13.2. The van der Waals surface area contributed by atoms with E-state index < -0.39 is 0 Å². The van der Waals surface area contributed by atoms with Crippen molar-refractivity contribution in [2.75, 3.05) is 0 Å². The van der Waals surface area contributed by atoms with Gasteiger partial charge in [0.1, 0.15) is 0 Å². The van der Waals surface area contributed by atoms with Crippen LogP contribution in [0.25, 0.3) is 0 Å². The van der Waals surface area contributed by atoms with Crippen LogP contribution in [-0.2, 0) is 5.75 Å². The average molecular weight is 184 g/mol. The molecule has 0 saturated heterocycles. The third-order valence-corrected chi connectivity index (χ3v) is 2.77. The van der Waals surface area contributed by atoms with E-state index in [0.717, 1.165) is 17.1 Å². The molecule has 12 heavy (non-hydrogen) atoms. The summed E-state index contributed by atoms with van der Waals surface area (Å²) in [4.78, 5) is 7.21. The number of rotatable bonds is 4. The Morgan fingerprint density at radius 1 is 1.83 bits per heavy atom. The van der Waals surface area contributed by atoms with Crippen molar-refractivity contribution >= 4 is 11.8 Å². The molecule has 0 bridgehead atoms. The zero-order valence-corrected chi connectivity index (χ0v) is 8.19. The van der Waals surface area contributed by atoms with E-state index in [-0.39, 0.29) is 5.37 Å². The van der Waals surface area contributed by atoms with E-state index in [1.54, 1.807) is 18.1 Å². The topological polar surface area (TPSA) is 54.7 Å². The Morgan fingerprint density at radius 3 is 3.08 bits per heavy atom. The van der Waals surface area contributed by atoms with Gasteiger partial charge in [-0.25, -0.2) is 4.98 Å². The molecule has 1 rings (SSSR count). The van der Waals surface area contributed by atoms with E-state index in [4.69, 9.17) is 5.73 Å². The van der Waals surface area contributed by atoms with Gasteiger partial charge in [0.2, 0.25) is 0 Å². The number of hydrogen-bond acceptors (Lipinski definition) is 3. The Hall–Kier alpha value is -0.480. The third-order valence-electron chi connectivity index (χ3n) is 1.68. The number of nitrogens with two attached hydrogens (primary N) is 1. The van der Waals surface area contributed by atoms with Crippen molar-refractivity contribution in [3.8, 4) is 0 Å². The second-order valence-corrected chi connectivity index (χ2v) is 3.75. The molecule has 67 valence electrons. The zero-order chi connectivity index (χ0) is 8.97. The summed E-state index contributed by atoms with van der Waals surface area (Å²) < 4.78 is 0.